The van der Waals surface area contributed by atoms with Crippen LogP contribution in [0.4, 0.5) is 11.4 Å². The molecule has 7 nitrogen and oxygen atoms in total. The molecule has 2 heterocycles. The average Bonchev–Trinajstić information content (AvgIpc) is 3.30. The summed E-state index contributed by atoms with van der Waals surface area (Å²) in [4.78, 5) is 36.0. The number of carbonyl (C=O) groups is 2. The quantitative estimate of drug-likeness (QED) is 0.498. The molecule has 2 aliphatic rings. The molecule has 5 rings (SSSR count). The molecule has 180 valence electrons. The first-order valence-electron chi connectivity index (χ1n) is 12.1. The Morgan fingerprint density at radius 3 is 2.66 bits per heavy atom. The van der Waals surface area contributed by atoms with Crippen LogP contribution < -0.4 is 15.5 Å². The second kappa shape index (κ2) is 9.41. The summed E-state index contributed by atoms with van der Waals surface area (Å²) >= 11 is 0. The molecule has 0 radical (unpaired) electrons. The molecule has 1 aromatic heterocycles. The molecule has 3 aromatic rings. The van der Waals surface area contributed by atoms with E-state index in [1.807, 2.05) is 54.6 Å². The Bertz CT molecular complexity index is 1250. The highest BCUT2D eigenvalue weighted by Crippen LogP contribution is 2.48. The molecule has 2 aromatic carbocycles. The lowest BCUT2D eigenvalue weighted by atomic mass is 9.73. The molecule has 3 N–H and O–H groups in total. The van der Waals surface area contributed by atoms with Crippen LogP contribution in [0.2, 0.25) is 0 Å². The Morgan fingerprint density at radius 1 is 1.11 bits per heavy atom. The van der Waals surface area contributed by atoms with Crippen molar-refractivity contribution >= 4 is 23.1 Å². The summed E-state index contributed by atoms with van der Waals surface area (Å²) in [6.45, 7) is 4.91. The van der Waals surface area contributed by atoms with Gasteiger partial charge in [-0.3, -0.25) is 9.59 Å². The van der Waals surface area contributed by atoms with Crippen molar-refractivity contribution in [2.45, 2.75) is 39.2 Å². The van der Waals surface area contributed by atoms with E-state index in [1.54, 1.807) is 12.5 Å². The highest BCUT2D eigenvalue weighted by Gasteiger charge is 2.41. The number of para-hydroxylation sites is 2. The van der Waals surface area contributed by atoms with Crippen molar-refractivity contribution in [3.63, 3.8) is 0 Å². The van der Waals surface area contributed by atoms with Gasteiger partial charge in [-0.2, -0.15) is 0 Å². The highest BCUT2D eigenvalue weighted by molar-refractivity contribution is 6.01. The summed E-state index contributed by atoms with van der Waals surface area (Å²) in [5.41, 5.74) is 5.38. The Kier molecular flexibility index (Phi) is 6.16. The Balaban J connectivity index is 1.53. The first kappa shape index (κ1) is 22.9. The zero-order valence-corrected chi connectivity index (χ0v) is 20.2. The number of H-pyrrole nitrogens is 1. The van der Waals surface area contributed by atoms with E-state index in [0.29, 0.717) is 19.4 Å². The fourth-order valence-electron chi connectivity index (χ4n) is 5.18. The van der Waals surface area contributed by atoms with Gasteiger partial charge in [-0.15, -0.1) is 0 Å². The number of hydrogen-bond donors (Lipinski definition) is 3. The van der Waals surface area contributed by atoms with Crippen LogP contribution in [-0.2, 0) is 16.0 Å². The molecule has 0 spiro atoms. The van der Waals surface area contributed by atoms with Crippen molar-refractivity contribution in [1.29, 1.82) is 0 Å². The van der Waals surface area contributed by atoms with Gasteiger partial charge in [-0.1, -0.05) is 56.3 Å². The third-order valence-corrected chi connectivity index (χ3v) is 6.70. The maximum atomic E-state index is 13.6. The molecular formula is C28H31N5O2. The number of fused-ring (bicyclic) bond motifs is 1. The topological polar surface area (TPSA) is 90.1 Å². The first-order chi connectivity index (χ1) is 16.9. The van der Waals surface area contributed by atoms with Crippen molar-refractivity contribution < 1.29 is 9.59 Å². The summed E-state index contributed by atoms with van der Waals surface area (Å²) in [6, 6.07) is 17.7. The van der Waals surface area contributed by atoms with Gasteiger partial charge in [0.25, 0.3) is 0 Å². The van der Waals surface area contributed by atoms with Gasteiger partial charge in [0, 0.05) is 42.5 Å². The van der Waals surface area contributed by atoms with Crippen LogP contribution in [0.25, 0.3) is 0 Å². The van der Waals surface area contributed by atoms with Crippen LogP contribution in [0.1, 0.15) is 44.0 Å². The molecular weight excluding hydrogens is 438 g/mol. The van der Waals surface area contributed by atoms with Crippen molar-refractivity contribution in [2.75, 3.05) is 23.3 Å². The van der Waals surface area contributed by atoms with E-state index in [4.69, 9.17) is 0 Å². The van der Waals surface area contributed by atoms with E-state index in [9.17, 15) is 9.59 Å². The van der Waals surface area contributed by atoms with Gasteiger partial charge in [0.2, 0.25) is 5.91 Å². The molecule has 1 amide bonds. The number of ketones is 1. The third-order valence-electron chi connectivity index (χ3n) is 6.70. The minimum absolute atomic E-state index is 0.0899. The summed E-state index contributed by atoms with van der Waals surface area (Å²) in [6.07, 6.45) is 5.33. The van der Waals surface area contributed by atoms with E-state index >= 15 is 0 Å². The average molecular weight is 470 g/mol. The van der Waals surface area contributed by atoms with Gasteiger partial charge < -0.3 is 20.5 Å². The molecule has 1 aliphatic carbocycles. The SMILES string of the molecule is CC1(C)CC(=O)C2=C(C1)Nc1ccccc1N(CC(=O)NCCc1cnc[nH]1)[C@@H]2c1ccccc1. The van der Waals surface area contributed by atoms with E-state index < -0.39 is 0 Å². The highest BCUT2D eigenvalue weighted by atomic mass is 16.2. The molecule has 35 heavy (non-hydrogen) atoms. The normalized spacial score (nSPS) is 18.9. The van der Waals surface area contributed by atoms with Gasteiger partial charge in [0.05, 0.1) is 30.3 Å². The lowest BCUT2D eigenvalue weighted by Crippen LogP contribution is -2.42. The molecule has 0 unspecified atom stereocenters. The molecule has 1 atom stereocenters. The molecule has 1 aliphatic heterocycles. The largest absolute Gasteiger partial charge is 0.357 e. The summed E-state index contributed by atoms with van der Waals surface area (Å²) in [5.74, 6) is 0.0444. The molecule has 0 bridgehead atoms. The number of imidazole rings is 1. The van der Waals surface area contributed by atoms with Gasteiger partial charge in [0.15, 0.2) is 5.78 Å². The number of nitrogens with one attached hydrogen (secondary N) is 3. The summed E-state index contributed by atoms with van der Waals surface area (Å²) < 4.78 is 0. The summed E-state index contributed by atoms with van der Waals surface area (Å²) in [5, 5.41) is 6.62. The number of carbonyl (C=O) groups excluding carboxylic acids is 2. The predicted octanol–water partition coefficient (Wildman–Crippen LogP) is 4.39. The van der Waals surface area contributed by atoms with E-state index in [-0.39, 0.29) is 29.7 Å². The maximum absolute atomic E-state index is 13.6. The number of Topliss-reactive ketones (excluding diaryl/α,β-unsaturated/α-hetero) is 1. The molecule has 0 saturated heterocycles. The van der Waals surface area contributed by atoms with E-state index in [0.717, 1.165) is 40.3 Å². The van der Waals surface area contributed by atoms with Crippen LogP contribution in [-0.4, -0.2) is 34.7 Å². The fourth-order valence-corrected chi connectivity index (χ4v) is 5.18. The third kappa shape index (κ3) is 4.85. The monoisotopic (exact) mass is 469 g/mol. The van der Waals surface area contributed by atoms with Crippen molar-refractivity contribution in [3.05, 3.63) is 89.6 Å². The van der Waals surface area contributed by atoms with E-state index in [2.05, 4.69) is 39.3 Å². The number of hydrogen-bond acceptors (Lipinski definition) is 5. The first-order valence-corrected chi connectivity index (χ1v) is 12.1. The predicted molar refractivity (Wildman–Crippen MR) is 137 cm³/mol. The zero-order chi connectivity index (χ0) is 24.4. The number of aromatic amines is 1. The van der Waals surface area contributed by atoms with Gasteiger partial charge in [-0.25, -0.2) is 4.98 Å². The smallest absolute Gasteiger partial charge is 0.239 e. The Labute approximate surface area is 205 Å². The fraction of sp³-hybridized carbons (Fsp3) is 0.321. The number of aromatic nitrogens is 2. The second-order valence-corrected chi connectivity index (χ2v) is 10.1. The molecule has 0 fully saturated rings. The number of allylic oxidation sites excluding steroid dienone is 1. The lowest BCUT2D eigenvalue weighted by Gasteiger charge is -2.37. The van der Waals surface area contributed by atoms with Crippen LogP contribution in [0.3, 0.4) is 0 Å². The Morgan fingerprint density at radius 2 is 1.89 bits per heavy atom. The van der Waals surface area contributed by atoms with Crippen molar-refractivity contribution in [3.8, 4) is 0 Å². The van der Waals surface area contributed by atoms with E-state index in [1.165, 1.54) is 0 Å². The minimum Gasteiger partial charge on any atom is -0.357 e. The standard InChI is InChI=1S/C28H31N5O2/c1-28(2)14-22-26(24(34)15-28)27(19-8-4-3-5-9-19)33(23-11-7-6-10-21(23)32-22)17-25(35)30-13-12-20-16-29-18-31-20/h3-11,16,18,27,32H,12-15,17H2,1-2H3,(H,29,31)(H,30,35)/t27-/m1/s1. The van der Waals surface area contributed by atoms with Crippen LogP contribution >= 0.6 is 0 Å². The number of anilines is 2. The van der Waals surface area contributed by atoms with Crippen LogP contribution in [0, 0.1) is 5.41 Å². The number of rotatable bonds is 6. The molecule has 0 saturated carbocycles. The van der Waals surface area contributed by atoms with Gasteiger partial charge >= 0.3 is 0 Å². The van der Waals surface area contributed by atoms with Crippen molar-refractivity contribution in [1.82, 2.24) is 15.3 Å². The maximum Gasteiger partial charge on any atom is 0.239 e. The van der Waals surface area contributed by atoms with Gasteiger partial charge in [0.1, 0.15) is 0 Å². The molecule has 7 heteroatoms. The van der Waals surface area contributed by atoms with Crippen molar-refractivity contribution in [2.24, 2.45) is 5.41 Å². The number of nitrogens with zero attached hydrogens (tertiary/aromatic N) is 2. The summed E-state index contributed by atoms with van der Waals surface area (Å²) in [7, 11) is 0. The number of amides is 1. The second-order valence-electron chi connectivity index (χ2n) is 10.1. The zero-order valence-electron chi connectivity index (χ0n) is 20.2. The Hall–Kier alpha value is -3.87. The minimum atomic E-state index is -0.357. The van der Waals surface area contributed by atoms with Gasteiger partial charge in [-0.05, 0) is 29.5 Å². The van der Waals surface area contributed by atoms with Crippen LogP contribution in [0.5, 0.6) is 0 Å². The lowest BCUT2D eigenvalue weighted by molar-refractivity contribution is -0.120. The number of benzene rings is 2. The van der Waals surface area contributed by atoms with Crippen LogP contribution in [0.15, 0.2) is 78.4 Å².